The number of nitrogens with two attached hydrogens (primary N) is 1. The summed E-state index contributed by atoms with van der Waals surface area (Å²) in [4.78, 5) is 11.8. The molecule has 5 nitrogen and oxygen atoms in total. The SMILES string of the molecule is CCC(C)(C)CNC(=O)c1cc(S(N)(=O)=O)c(Cl)cc1Cl. The van der Waals surface area contributed by atoms with E-state index in [1.54, 1.807) is 0 Å². The number of hydrogen-bond acceptors (Lipinski definition) is 3. The fourth-order valence-electron chi connectivity index (χ4n) is 1.46. The van der Waals surface area contributed by atoms with Crippen LogP contribution in [0.25, 0.3) is 0 Å². The molecule has 0 aliphatic rings. The Bertz CT molecular complexity index is 658. The molecule has 0 heterocycles. The van der Waals surface area contributed by atoms with Gasteiger partial charge in [0.05, 0.1) is 15.6 Å². The predicted octanol–water partition coefficient (Wildman–Crippen LogP) is 2.81. The molecule has 0 aliphatic heterocycles. The Hall–Kier alpha value is -0.820. The van der Waals surface area contributed by atoms with Crippen molar-refractivity contribution < 1.29 is 13.2 Å². The van der Waals surface area contributed by atoms with E-state index >= 15 is 0 Å². The molecule has 1 aromatic rings. The Balaban J connectivity index is 3.11. The summed E-state index contributed by atoms with van der Waals surface area (Å²) in [6, 6.07) is 2.29. The van der Waals surface area contributed by atoms with Crippen LogP contribution >= 0.6 is 23.2 Å². The number of carbonyl (C=O) groups excluding carboxylic acids is 1. The molecule has 8 heteroatoms. The first-order valence-corrected chi connectivity index (χ1v) is 8.58. The minimum Gasteiger partial charge on any atom is -0.351 e. The lowest BCUT2D eigenvalue weighted by atomic mass is 9.90. The molecule has 0 aliphatic carbocycles. The van der Waals surface area contributed by atoms with E-state index in [4.69, 9.17) is 28.3 Å². The van der Waals surface area contributed by atoms with Crippen LogP contribution in [-0.4, -0.2) is 20.9 Å². The van der Waals surface area contributed by atoms with Crippen LogP contribution in [0, 0.1) is 5.41 Å². The minimum absolute atomic E-state index is 0.0250. The molecular weight excluding hydrogens is 335 g/mol. The van der Waals surface area contributed by atoms with Crippen LogP contribution < -0.4 is 10.5 Å². The Morgan fingerprint density at radius 2 is 1.86 bits per heavy atom. The van der Waals surface area contributed by atoms with Crippen molar-refractivity contribution in [3.05, 3.63) is 27.7 Å². The first-order valence-electron chi connectivity index (χ1n) is 6.28. The van der Waals surface area contributed by atoms with Gasteiger partial charge >= 0.3 is 0 Å². The third-order valence-electron chi connectivity index (χ3n) is 3.26. The Morgan fingerprint density at radius 3 is 2.33 bits per heavy atom. The third kappa shape index (κ3) is 4.85. The molecule has 0 fully saturated rings. The number of carbonyl (C=O) groups is 1. The molecule has 0 bridgehead atoms. The van der Waals surface area contributed by atoms with Crippen LogP contribution in [0.4, 0.5) is 0 Å². The summed E-state index contributed by atoms with van der Waals surface area (Å²) in [6.45, 7) is 6.46. The predicted molar refractivity (Wildman–Crippen MR) is 84.2 cm³/mol. The summed E-state index contributed by atoms with van der Waals surface area (Å²) < 4.78 is 22.8. The van der Waals surface area contributed by atoms with Gasteiger partial charge in [-0.1, -0.05) is 44.0 Å². The summed E-state index contributed by atoms with van der Waals surface area (Å²) in [6.07, 6.45) is 0.879. The average Bonchev–Trinajstić information content (AvgIpc) is 2.34. The van der Waals surface area contributed by atoms with Gasteiger partial charge in [0.15, 0.2) is 0 Å². The fraction of sp³-hybridized carbons (Fsp3) is 0.462. The van der Waals surface area contributed by atoms with Crippen LogP contribution in [0.3, 0.4) is 0 Å². The Kier molecular flexibility index (Phi) is 5.66. The van der Waals surface area contributed by atoms with E-state index in [0.717, 1.165) is 12.5 Å². The molecule has 3 N–H and O–H groups in total. The highest BCUT2D eigenvalue weighted by atomic mass is 35.5. The first kappa shape index (κ1) is 18.2. The van der Waals surface area contributed by atoms with Crippen molar-refractivity contribution in [3.63, 3.8) is 0 Å². The van der Waals surface area contributed by atoms with E-state index in [-0.39, 0.29) is 25.9 Å². The van der Waals surface area contributed by atoms with Crippen LogP contribution in [0.1, 0.15) is 37.6 Å². The van der Waals surface area contributed by atoms with Gasteiger partial charge in [-0.3, -0.25) is 4.79 Å². The molecule has 0 radical (unpaired) electrons. The zero-order valence-corrected chi connectivity index (χ0v) is 14.4. The van der Waals surface area contributed by atoms with Crippen molar-refractivity contribution in [2.45, 2.75) is 32.1 Å². The second kappa shape index (κ2) is 6.52. The molecular formula is C13H18Cl2N2O3S. The molecule has 1 amide bonds. The number of rotatable bonds is 5. The molecule has 0 saturated heterocycles. The van der Waals surface area contributed by atoms with Crippen molar-refractivity contribution >= 4 is 39.1 Å². The molecule has 0 spiro atoms. The van der Waals surface area contributed by atoms with Crippen LogP contribution in [-0.2, 0) is 10.0 Å². The van der Waals surface area contributed by atoms with Gasteiger partial charge in [0.1, 0.15) is 4.90 Å². The highest BCUT2D eigenvalue weighted by Gasteiger charge is 2.21. The second-order valence-corrected chi connectivity index (χ2v) is 7.85. The molecule has 0 aromatic heterocycles. The van der Waals surface area contributed by atoms with E-state index < -0.39 is 15.9 Å². The first-order chi connectivity index (χ1) is 9.48. The van der Waals surface area contributed by atoms with E-state index in [9.17, 15) is 13.2 Å². The summed E-state index contributed by atoms with van der Waals surface area (Å²) in [5, 5.41) is 7.73. The molecule has 1 aromatic carbocycles. The van der Waals surface area contributed by atoms with Gasteiger partial charge in [0.25, 0.3) is 5.91 Å². The zero-order chi connectivity index (χ0) is 16.4. The van der Waals surface area contributed by atoms with E-state index in [1.807, 2.05) is 20.8 Å². The highest BCUT2D eigenvalue weighted by Crippen LogP contribution is 2.28. The maximum absolute atomic E-state index is 12.1. The lowest BCUT2D eigenvalue weighted by molar-refractivity contribution is 0.0935. The molecule has 0 saturated carbocycles. The number of primary sulfonamides is 1. The monoisotopic (exact) mass is 352 g/mol. The quantitative estimate of drug-likeness (QED) is 0.853. The van der Waals surface area contributed by atoms with Crippen LogP contribution in [0.2, 0.25) is 10.0 Å². The van der Waals surface area contributed by atoms with Crippen molar-refractivity contribution in [1.29, 1.82) is 0 Å². The molecule has 118 valence electrons. The Morgan fingerprint density at radius 1 is 1.29 bits per heavy atom. The normalized spacial score (nSPS) is 12.3. The zero-order valence-electron chi connectivity index (χ0n) is 12.0. The lowest BCUT2D eigenvalue weighted by Gasteiger charge is -2.23. The maximum Gasteiger partial charge on any atom is 0.252 e. The average molecular weight is 353 g/mol. The van der Waals surface area contributed by atoms with Crippen LogP contribution in [0.5, 0.6) is 0 Å². The van der Waals surface area contributed by atoms with Gasteiger partial charge in [-0.25, -0.2) is 13.6 Å². The van der Waals surface area contributed by atoms with Gasteiger partial charge < -0.3 is 5.32 Å². The fourth-order valence-corrected chi connectivity index (χ4v) is 2.87. The van der Waals surface area contributed by atoms with Gasteiger partial charge in [-0.2, -0.15) is 0 Å². The number of amides is 1. The maximum atomic E-state index is 12.1. The second-order valence-electron chi connectivity index (χ2n) is 5.51. The van der Waals surface area contributed by atoms with Gasteiger partial charge in [-0.15, -0.1) is 0 Å². The van der Waals surface area contributed by atoms with Gasteiger partial charge in [0, 0.05) is 6.54 Å². The van der Waals surface area contributed by atoms with E-state index in [0.29, 0.717) is 6.54 Å². The molecule has 1 rings (SSSR count). The van der Waals surface area contributed by atoms with E-state index in [2.05, 4.69) is 5.32 Å². The smallest absolute Gasteiger partial charge is 0.252 e. The summed E-state index contributed by atoms with van der Waals surface area (Å²) in [5.74, 6) is -0.469. The Labute approximate surface area is 134 Å². The highest BCUT2D eigenvalue weighted by molar-refractivity contribution is 7.89. The van der Waals surface area contributed by atoms with Crippen LogP contribution in [0.15, 0.2) is 17.0 Å². The van der Waals surface area contributed by atoms with Crippen molar-refractivity contribution in [3.8, 4) is 0 Å². The minimum atomic E-state index is -4.02. The number of halogens is 2. The van der Waals surface area contributed by atoms with Crippen molar-refractivity contribution in [2.24, 2.45) is 10.6 Å². The standard InChI is InChI=1S/C13H18Cl2N2O3S/c1-4-13(2,3)7-17-12(18)8-5-11(21(16,19)20)10(15)6-9(8)14/h5-6H,4,7H2,1-3H3,(H,17,18)(H2,16,19,20). The summed E-state index contributed by atoms with van der Waals surface area (Å²) in [5.41, 5.74) is -0.0471. The van der Waals surface area contributed by atoms with Gasteiger partial charge in [-0.05, 0) is 24.0 Å². The van der Waals surface area contributed by atoms with Crippen molar-refractivity contribution in [1.82, 2.24) is 5.32 Å². The molecule has 21 heavy (non-hydrogen) atoms. The third-order valence-corrected chi connectivity index (χ3v) is 4.95. The largest absolute Gasteiger partial charge is 0.351 e. The number of benzene rings is 1. The topological polar surface area (TPSA) is 89.3 Å². The summed E-state index contributed by atoms with van der Waals surface area (Å²) in [7, 11) is -4.02. The number of hydrogen-bond donors (Lipinski definition) is 2. The molecule has 0 unspecified atom stereocenters. The number of nitrogens with one attached hydrogen (secondary N) is 1. The lowest BCUT2D eigenvalue weighted by Crippen LogP contribution is -2.33. The number of sulfonamides is 1. The van der Waals surface area contributed by atoms with E-state index in [1.165, 1.54) is 6.07 Å². The summed E-state index contributed by atoms with van der Waals surface area (Å²) >= 11 is 11.7. The van der Waals surface area contributed by atoms with Gasteiger partial charge in [0.2, 0.25) is 10.0 Å². The van der Waals surface area contributed by atoms with Crippen molar-refractivity contribution in [2.75, 3.05) is 6.54 Å². The molecule has 0 atom stereocenters.